The van der Waals surface area contributed by atoms with Crippen LogP contribution in [0.5, 0.6) is 5.88 Å². The smallest absolute Gasteiger partial charge is 0.340 e. The highest BCUT2D eigenvalue weighted by Gasteiger charge is 2.23. The Balaban J connectivity index is 1.75. The number of nitrogens with one attached hydrogen (secondary N) is 1. The maximum absolute atomic E-state index is 12.2. The molecule has 118 valence electrons. The van der Waals surface area contributed by atoms with Gasteiger partial charge in [-0.05, 0) is 50.1 Å². The first-order chi connectivity index (χ1) is 10.5. The summed E-state index contributed by atoms with van der Waals surface area (Å²) >= 11 is 0. The predicted octanol–water partition coefficient (Wildman–Crippen LogP) is 2.22. The second-order valence-corrected chi connectivity index (χ2v) is 6.99. The van der Waals surface area contributed by atoms with Gasteiger partial charge in [0.15, 0.2) is 0 Å². The van der Waals surface area contributed by atoms with Gasteiger partial charge in [0.1, 0.15) is 10.7 Å². The van der Waals surface area contributed by atoms with Crippen molar-refractivity contribution < 1.29 is 17.1 Å². The second-order valence-electron chi connectivity index (χ2n) is 5.44. The highest BCUT2D eigenvalue weighted by Crippen LogP contribution is 2.28. The van der Waals surface area contributed by atoms with E-state index >= 15 is 0 Å². The Morgan fingerprint density at radius 1 is 1.23 bits per heavy atom. The molecule has 1 N–H and O–H groups in total. The molecule has 1 fully saturated rings. The van der Waals surface area contributed by atoms with Crippen LogP contribution in [-0.2, 0) is 10.1 Å². The van der Waals surface area contributed by atoms with Gasteiger partial charge in [-0.15, -0.1) is 0 Å². The average molecular weight is 322 g/mol. The molecule has 0 unspecified atom stereocenters. The molecule has 0 bridgehead atoms. The van der Waals surface area contributed by atoms with Gasteiger partial charge in [0.25, 0.3) is 5.88 Å². The Kier molecular flexibility index (Phi) is 4.17. The zero-order valence-electron chi connectivity index (χ0n) is 12.3. The van der Waals surface area contributed by atoms with Crippen molar-refractivity contribution in [2.75, 3.05) is 13.1 Å². The van der Waals surface area contributed by atoms with Gasteiger partial charge in [-0.3, -0.25) is 0 Å². The van der Waals surface area contributed by atoms with Crippen LogP contribution in [-0.4, -0.2) is 26.7 Å². The molecule has 1 aliphatic rings. The third kappa shape index (κ3) is 3.31. The van der Waals surface area contributed by atoms with Gasteiger partial charge < -0.3 is 14.0 Å². The lowest BCUT2D eigenvalue weighted by Crippen LogP contribution is -2.26. The lowest BCUT2D eigenvalue weighted by atomic mass is 9.96. The van der Waals surface area contributed by atoms with Crippen LogP contribution >= 0.6 is 0 Å². The molecule has 0 atom stereocenters. The minimum atomic E-state index is -3.88. The standard InChI is InChI=1S/C15H18N2O4S/c1-11-2-4-13(5-3-11)22(18,19)21-15-10-14(20-17-15)12-6-8-16-9-7-12/h2-5,10,12,16H,6-9H2,1H3. The first-order valence-corrected chi connectivity index (χ1v) is 8.64. The molecular formula is C15H18N2O4S. The van der Waals surface area contributed by atoms with Crippen molar-refractivity contribution in [3.8, 4) is 5.88 Å². The normalized spacial score (nSPS) is 16.6. The highest BCUT2D eigenvalue weighted by molar-refractivity contribution is 7.87. The molecule has 0 spiro atoms. The third-order valence-corrected chi connectivity index (χ3v) is 4.99. The molecule has 0 aliphatic carbocycles. The highest BCUT2D eigenvalue weighted by atomic mass is 32.2. The number of piperidine rings is 1. The Hall–Kier alpha value is -1.86. The van der Waals surface area contributed by atoms with E-state index < -0.39 is 10.1 Å². The molecule has 1 saturated heterocycles. The molecule has 0 saturated carbocycles. The van der Waals surface area contributed by atoms with Crippen molar-refractivity contribution in [3.05, 3.63) is 41.7 Å². The number of aromatic nitrogens is 1. The second kappa shape index (κ2) is 6.10. The zero-order chi connectivity index (χ0) is 15.6. The molecule has 2 heterocycles. The monoisotopic (exact) mass is 322 g/mol. The van der Waals surface area contributed by atoms with Gasteiger partial charge in [0, 0.05) is 12.0 Å². The summed E-state index contributed by atoms with van der Waals surface area (Å²) in [6.45, 7) is 3.73. The Labute approximate surface area is 129 Å². The summed E-state index contributed by atoms with van der Waals surface area (Å²) < 4.78 is 34.7. The van der Waals surface area contributed by atoms with E-state index in [2.05, 4.69) is 10.5 Å². The first-order valence-electron chi connectivity index (χ1n) is 7.23. The largest absolute Gasteiger partial charge is 0.357 e. The van der Waals surface area contributed by atoms with Crippen molar-refractivity contribution in [1.29, 1.82) is 0 Å². The van der Waals surface area contributed by atoms with Crippen LogP contribution < -0.4 is 9.50 Å². The van der Waals surface area contributed by atoms with Crippen molar-refractivity contribution in [3.63, 3.8) is 0 Å². The topological polar surface area (TPSA) is 81.4 Å². The molecule has 1 aromatic heterocycles. The third-order valence-electron chi connectivity index (χ3n) is 3.75. The van der Waals surface area contributed by atoms with Crippen LogP contribution in [0.2, 0.25) is 0 Å². The molecule has 7 heteroatoms. The molecule has 2 aromatic rings. The van der Waals surface area contributed by atoms with E-state index in [4.69, 9.17) is 8.71 Å². The molecular weight excluding hydrogens is 304 g/mol. The van der Waals surface area contributed by atoms with Crippen LogP contribution in [0.4, 0.5) is 0 Å². The molecule has 22 heavy (non-hydrogen) atoms. The predicted molar refractivity (Wildman–Crippen MR) is 80.3 cm³/mol. The maximum Gasteiger partial charge on any atom is 0.340 e. The summed E-state index contributed by atoms with van der Waals surface area (Å²) in [5.41, 5.74) is 0.980. The number of rotatable bonds is 4. The number of hydrogen-bond acceptors (Lipinski definition) is 6. The summed E-state index contributed by atoms with van der Waals surface area (Å²) in [4.78, 5) is 0.101. The van der Waals surface area contributed by atoms with Crippen molar-refractivity contribution in [2.24, 2.45) is 0 Å². The van der Waals surface area contributed by atoms with E-state index in [-0.39, 0.29) is 16.7 Å². The van der Waals surface area contributed by atoms with Gasteiger partial charge in [0.05, 0.1) is 0 Å². The fourth-order valence-electron chi connectivity index (χ4n) is 2.48. The van der Waals surface area contributed by atoms with E-state index in [0.717, 1.165) is 31.5 Å². The van der Waals surface area contributed by atoms with E-state index in [0.29, 0.717) is 5.76 Å². The van der Waals surface area contributed by atoms with E-state index in [1.54, 1.807) is 18.2 Å². The minimum Gasteiger partial charge on any atom is -0.357 e. The Morgan fingerprint density at radius 3 is 2.59 bits per heavy atom. The van der Waals surface area contributed by atoms with E-state index in [9.17, 15) is 8.42 Å². The number of hydrogen-bond donors (Lipinski definition) is 1. The fraction of sp³-hybridized carbons (Fsp3) is 0.400. The molecule has 0 amide bonds. The van der Waals surface area contributed by atoms with Gasteiger partial charge in [-0.1, -0.05) is 17.7 Å². The van der Waals surface area contributed by atoms with Crippen molar-refractivity contribution in [2.45, 2.75) is 30.6 Å². The molecule has 6 nitrogen and oxygen atoms in total. The summed E-state index contributed by atoms with van der Waals surface area (Å²) in [6.07, 6.45) is 1.89. The quantitative estimate of drug-likeness (QED) is 0.869. The lowest BCUT2D eigenvalue weighted by molar-refractivity contribution is 0.317. The summed E-state index contributed by atoms with van der Waals surface area (Å²) in [7, 11) is -3.88. The summed E-state index contributed by atoms with van der Waals surface area (Å²) in [6, 6.07) is 8.04. The summed E-state index contributed by atoms with van der Waals surface area (Å²) in [5, 5.41) is 6.99. The van der Waals surface area contributed by atoms with Gasteiger partial charge in [-0.2, -0.15) is 8.42 Å². The van der Waals surface area contributed by atoms with Crippen LogP contribution in [0.15, 0.2) is 39.8 Å². The SMILES string of the molecule is Cc1ccc(S(=O)(=O)Oc2cc(C3CCNCC3)on2)cc1. The van der Waals surface area contributed by atoms with Crippen LogP contribution in [0, 0.1) is 6.92 Å². The molecule has 0 radical (unpaired) electrons. The van der Waals surface area contributed by atoms with Gasteiger partial charge in [0.2, 0.25) is 0 Å². The van der Waals surface area contributed by atoms with E-state index in [1.165, 1.54) is 12.1 Å². The van der Waals surface area contributed by atoms with Gasteiger partial charge in [-0.25, -0.2) is 0 Å². The van der Waals surface area contributed by atoms with Crippen LogP contribution in [0.25, 0.3) is 0 Å². The zero-order valence-corrected chi connectivity index (χ0v) is 13.1. The molecule has 3 rings (SSSR count). The van der Waals surface area contributed by atoms with E-state index in [1.807, 2.05) is 6.92 Å². The maximum atomic E-state index is 12.2. The molecule has 1 aliphatic heterocycles. The molecule has 1 aromatic carbocycles. The average Bonchev–Trinajstić information content (AvgIpc) is 2.96. The first kappa shape index (κ1) is 15.1. The Bertz CT molecular complexity index is 731. The van der Waals surface area contributed by atoms with Crippen LogP contribution in [0.3, 0.4) is 0 Å². The van der Waals surface area contributed by atoms with Crippen molar-refractivity contribution in [1.82, 2.24) is 10.5 Å². The Morgan fingerprint density at radius 2 is 1.91 bits per heavy atom. The fourth-order valence-corrected chi connectivity index (χ4v) is 3.34. The van der Waals surface area contributed by atoms with Crippen molar-refractivity contribution >= 4 is 10.1 Å². The number of benzene rings is 1. The number of nitrogens with zero attached hydrogens (tertiary/aromatic N) is 1. The summed E-state index contributed by atoms with van der Waals surface area (Å²) in [5.74, 6) is 0.915. The van der Waals surface area contributed by atoms with Crippen LogP contribution in [0.1, 0.15) is 30.1 Å². The minimum absolute atomic E-state index is 0.0193. The number of aryl methyl sites for hydroxylation is 1. The van der Waals surface area contributed by atoms with Gasteiger partial charge >= 0.3 is 10.1 Å². The lowest BCUT2D eigenvalue weighted by Gasteiger charge is -2.19.